The van der Waals surface area contributed by atoms with Crippen LogP contribution in [0.2, 0.25) is 10.0 Å². The highest BCUT2D eigenvalue weighted by Gasteiger charge is 2.27. The number of thiazole rings is 1. The molecule has 3 atom stereocenters. The quantitative estimate of drug-likeness (QED) is 0.0165. The molecule has 4 rings (SSSR count). The van der Waals surface area contributed by atoms with Crippen LogP contribution in [-0.2, 0) is 25.6 Å². The van der Waals surface area contributed by atoms with E-state index in [2.05, 4.69) is 114 Å². The van der Waals surface area contributed by atoms with Gasteiger partial charge in [-0.15, -0.1) is 11.3 Å². The second-order valence-electron chi connectivity index (χ2n) is 22.8. The first-order valence-corrected chi connectivity index (χ1v) is 34.0. The Kier molecular flexibility index (Phi) is 47.6. The summed E-state index contributed by atoms with van der Waals surface area (Å²) in [7, 11) is 0. The Morgan fingerprint density at radius 2 is 1.43 bits per heavy atom. The van der Waals surface area contributed by atoms with E-state index < -0.39 is 6.10 Å². The van der Waals surface area contributed by atoms with Crippen LogP contribution >= 0.6 is 46.3 Å². The molecule has 1 aromatic heterocycles. The van der Waals surface area contributed by atoms with Crippen molar-refractivity contribution in [3.8, 4) is 10.4 Å². The number of β-amino-alcohol motifs (C(OH)–C–C–N with tert-alkyl or cyclic N) is 1. The van der Waals surface area contributed by atoms with Crippen LogP contribution in [0.5, 0.6) is 0 Å². The number of thioether (sulfide) groups is 1. The zero-order valence-corrected chi connectivity index (χ0v) is 57.0. The number of hydrogen-bond acceptors (Lipinski definition) is 11. The van der Waals surface area contributed by atoms with Crippen molar-refractivity contribution < 1.29 is 24.3 Å². The van der Waals surface area contributed by atoms with E-state index in [4.69, 9.17) is 39.5 Å². The van der Waals surface area contributed by atoms with Crippen LogP contribution < -0.4 is 22.1 Å². The molecule has 1 saturated heterocycles. The lowest BCUT2D eigenvalue weighted by Gasteiger charge is -2.33. The van der Waals surface area contributed by atoms with Crippen LogP contribution in [0.25, 0.3) is 10.4 Å². The molecule has 2 aromatic carbocycles. The number of hydrogen-bond donors (Lipinski definition) is 5. The van der Waals surface area contributed by atoms with Gasteiger partial charge in [0.05, 0.1) is 38.8 Å². The number of amides is 3. The number of rotatable bonds is 35. The number of allylic oxidation sites excluding steroid dienone is 2. The predicted molar refractivity (Wildman–Crippen MR) is 363 cm³/mol. The maximum Gasteiger partial charge on any atom is 0.242 e. The summed E-state index contributed by atoms with van der Waals surface area (Å²) in [6.45, 7) is 29.1. The van der Waals surface area contributed by atoms with Gasteiger partial charge in [-0.2, -0.15) is 0 Å². The number of benzene rings is 2. The Labute approximate surface area is 528 Å². The van der Waals surface area contributed by atoms with Gasteiger partial charge in [0.15, 0.2) is 0 Å². The predicted octanol–water partition coefficient (Wildman–Crippen LogP) is 17.4. The number of nitrogens with one attached hydrogen (secondary N) is 2. The topological polar surface area (TPSA) is 193 Å². The minimum absolute atomic E-state index is 0.0236. The van der Waals surface area contributed by atoms with Crippen molar-refractivity contribution in [1.29, 1.82) is 0 Å². The minimum Gasteiger partial charge on any atom is -0.391 e. The van der Waals surface area contributed by atoms with Gasteiger partial charge in [-0.1, -0.05) is 204 Å². The lowest BCUT2D eigenvalue weighted by molar-refractivity contribution is -0.132. The summed E-state index contributed by atoms with van der Waals surface area (Å²) < 4.78 is 0. The SMILES string of the molecule is C=C/C(C)=N\C(N)=C(\Sc1cccc(Cl)c1Cl)C(C)CC.CC(C)C.CC=O.CCCCCC(CN)(CCC)CCCCCC(=O)NCCCCCCCCCC(=O)NCC(=O)N1CCC(O)C1.CCCCc1ccc(-c2scnc2C)cc1. The molecule has 12 nitrogen and oxygen atoms in total. The number of nitrogens with two attached hydrogens (primary N) is 2. The fourth-order valence-electron chi connectivity index (χ4n) is 9.22. The number of nitrogens with zero attached hydrogens (tertiary/aromatic N) is 3. The lowest BCUT2D eigenvalue weighted by atomic mass is 9.74. The van der Waals surface area contributed by atoms with Gasteiger partial charge < -0.3 is 36.9 Å². The van der Waals surface area contributed by atoms with Gasteiger partial charge in [0, 0.05) is 48.0 Å². The molecule has 0 spiro atoms. The van der Waals surface area contributed by atoms with Crippen LogP contribution in [0, 0.1) is 24.2 Å². The fourth-order valence-corrected chi connectivity index (χ4v) is 11.6. The number of aliphatic hydroxyl groups is 1. The Bertz CT molecular complexity index is 2310. The number of halogens is 2. The van der Waals surface area contributed by atoms with E-state index >= 15 is 0 Å². The average molecular weight is 1240 g/mol. The van der Waals surface area contributed by atoms with Crippen molar-refractivity contribution in [2.45, 2.75) is 241 Å². The molecule has 1 aliphatic rings. The summed E-state index contributed by atoms with van der Waals surface area (Å²) in [5.41, 5.74) is 19.2. The van der Waals surface area contributed by atoms with Crippen molar-refractivity contribution in [3.05, 3.63) is 92.7 Å². The standard InChI is InChI=1S/C32H62N4O4.C16H20Cl2N2S.C14H17NS.C4H10.C2H4O/c1-3-5-14-21-32(27-33,20-4-2)22-15-11-13-17-29(38)34-23-16-10-8-6-7-9-12-18-30(39)35-25-31(40)36-24-19-28(37)26-36;1-5-10(3)15(16(19)20-11(4)6-2)21-13-9-7-8-12(17)14(13)18;1-3-4-5-12-6-8-13(9-7-12)14-11(2)15-10-16-14;1-4(2)3;1-2-3/h28,37H,3-27,33H2,1-2H3,(H,34,38)(H,35,39);6-10H,2,5,19H2,1,3-4H3;6-10H,3-5H2,1-2H3;4H,1-3H3;2H,1H3/b;16-15+,20-11-;;;. The highest BCUT2D eigenvalue weighted by Crippen LogP contribution is 2.41. The third-order valence-corrected chi connectivity index (χ3v) is 17.6. The van der Waals surface area contributed by atoms with E-state index in [9.17, 15) is 19.5 Å². The first-order valence-electron chi connectivity index (χ1n) is 31.6. The average Bonchev–Trinajstić information content (AvgIpc) is 4.13. The molecule has 1 aliphatic heterocycles. The maximum absolute atomic E-state index is 12.2. The third kappa shape index (κ3) is 37.5. The van der Waals surface area contributed by atoms with Crippen molar-refractivity contribution in [2.24, 2.45) is 33.7 Å². The Balaban J connectivity index is 0.00000129. The largest absolute Gasteiger partial charge is 0.391 e. The molecule has 1 fully saturated rings. The third-order valence-electron chi connectivity index (χ3n) is 14.3. The molecule has 3 aromatic rings. The summed E-state index contributed by atoms with van der Waals surface area (Å²) in [5.74, 6) is 1.60. The number of aliphatic hydroxyl groups excluding tert-OH is 1. The van der Waals surface area contributed by atoms with Crippen LogP contribution in [0.4, 0.5) is 0 Å². The maximum atomic E-state index is 12.2. The number of unbranched alkanes of at least 4 members (excludes halogenated alkanes) is 11. The van der Waals surface area contributed by atoms with Crippen LogP contribution in [-0.4, -0.2) is 83.5 Å². The Hall–Kier alpha value is -4.05. The normalized spacial score (nSPS) is 14.2. The van der Waals surface area contributed by atoms with Gasteiger partial charge in [0.2, 0.25) is 17.7 Å². The van der Waals surface area contributed by atoms with Gasteiger partial charge in [0.25, 0.3) is 0 Å². The zero-order chi connectivity index (χ0) is 63.1. The molecule has 0 bridgehead atoms. The first kappa shape index (κ1) is 80.0. The fraction of sp³-hybridized carbons (Fsp3) is 0.647. The molecule has 476 valence electrons. The van der Waals surface area contributed by atoms with Crippen LogP contribution in [0.1, 0.15) is 228 Å². The molecule has 3 unspecified atom stereocenters. The smallest absolute Gasteiger partial charge is 0.242 e. The van der Waals surface area contributed by atoms with Crippen LogP contribution in [0.3, 0.4) is 0 Å². The monoisotopic (exact) mass is 1240 g/mol. The molecular formula is C68H113Cl2N7O5S2. The van der Waals surface area contributed by atoms with Crippen molar-refractivity contribution >= 4 is 76.0 Å². The first-order chi connectivity index (χ1) is 40.2. The summed E-state index contributed by atoms with van der Waals surface area (Å²) in [5, 5.41) is 16.4. The van der Waals surface area contributed by atoms with E-state index in [1.165, 1.54) is 105 Å². The molecule has 0 aliphatic carbocycles. The van der Waals surface area contributed by atoms with E-state index in [-0.39, 0.29) is 30.2 Å². The Morgan fingerprint density at radius 1 is 0.857 bits per heavy atom. The number of aldehydes is 1. The van der Waals surface area contributed by atoms with E-state index in [1.54, 1.807) is 28.4 Å². The van der Waals surface area contributed by atoms with Crippen molar-refractivity contribution in [3.63, 3.8) is 0 Å². The minimum atomic E-state index is -0.433. The van der Waals surface area contributed by atoms with E-state index in [0.29, 0.717) is 53.6 Å². The second kappa shape index (κ2) is 50.0. The summed E-state index contributed by atoms with van der Waals surface area (Å²) in [6, 6.07) is 14.5. The van der Waals surface area contributed by atoms with Gasteiger partial charge in [0.1, 0.15) is 12.1 Å². The van der Waals surface area contributed by atoms with Gasteiger partial charge in [-0.3, -0.25) is 14.4 Å². The van der Waals surface area contributed by atoms with E-state index in [0.717, 1.165) is 111 Å². The van der Waals surface area contributed by atoms with Crippen molar-refractivity contribution in [1.82, 2.24) is 20.5 Å². The zero-order valence-electron chi connectivity index (χ0n) is 53.9. The number of likely N-dealkylation sites (tertiary alicyclic amines) is 1. The molecule has 84 heavy (non-hydrogen) atoms. The molecule has 0 radical (unpaired) electrons. The summed E-state index contributed by atoms with van der Waals surface area (Å²) >= 11 is 15.6. The summed E-state index contributed by atoms with van der Waals surface area (Å²) in [4.78, 5) is 58.3. The number of aliphatic imine (C=N–C) groups is 1. The van der Waals surface area contributed by atoms with E-state index in [1.807, 2.05) is 24.6 Å². The summed E-state index contributed by atoms with van der Waals surface area (Å²) in [6.07, 6.45) is 27.7. The number of carbonyl (C=O) groups excluding carboxylic acids is 4. The molecule has 2 heterocycles. The molecule has 3 amide bonds. The number of carbonyl (C=O) groups is 4. The highest BCUT2D eigenvalue weighted by molar-refractivity contribution is 8.03. The van der Waals surface area contributed by atoms with Crippen molar-refractivity contribution in [2.75, 3.05) is 32.7 Å². The highest BCUT2D eigenvalue weighted by atomic mass is 35.5. The lowest BCUT2D eigenvalue weighted by Crippen LogP contribution is -2.39. The van der Waals surface area contributed by atoms with Gasteiger partial charge >= 0.3 is 0 Å². The second-order valence-corrected chi connectivity index (χ2v) is 25.5. The molecule has 16 heteroatoms. The number of aromatic nitrogens is 1. The van der Waals surface area contributed by atoms with Gasteiger partial charge in [-0.25, -0.2) is 9.98 Å². The Morgan fingerprint density at radius 3 is 1.95 bits per heavy atom. The molecule has 0 saturated carbocycles. The van der Waals surface area contributed by atoms with Gasteiger partial charge in [-0.05, 0) is 138 Å². The number of aryl methyl sites for hydroxylation is 2. The molecule has 7 N–H and O–H groups in total. The van der Waals surface area contributed by atoms with Crippen LogP contribution in [0.15, 0.2) is 81.2 Å². The molecular weight excluding hydrogens is 1130 g/mol.